The Morgan fingerprint density at radius 1 is 1.50 bits per heavy atom. The first-order valence-electron chi connectivity index (χ1n) is 5.26. The van der Waals surface area contributed by atoms with Gasteiger partial charge in [-0.2, -0.15) is 5.26 Å². The summed E-state index contributed by atoms with van der Waals surface area (Å²) in [7, 11) is 3.66. The van der Waals surface area contributed by atoms with Crippen molar-refractivity contribution in [3.8, 4) is 6.07 Å². The van der Waals surface area contributed by atoms with Crippen LogP contribution in [0.4, 0.5) is 5.82 Å². The molecule has 1 heterocycles. The molecule has 0 unspecified atom stereocenters. The maximum absolute atomic E-state index is 8.87. The molecule has 0 aromatic carbocycles. The summed E-state index contributed by atoms with van der Waals surface area (Å²) >= 11 is 0. The Bertz CT molecular complexity index is 384. The number of aryl methyl sites for hydroxylation is 1. The van der Waals surface area contributed by atoms with E-state index >= 15 is 0 Å². The summed E-state index contributed by atoms with van der Waals surface area (Å²) in [6, 6.07) is 5.73. The van der Waals surface area contributed by atoms with Gasteiger partial charge in [0.25, 0.3) is 0 Å². The van der Waals surface area contributed by atoms with Gasteiger partial charge in [0, 0.05) is 33.0 Å². The number of aromatic nitrogens is 1. The third kappa shape index (κ3) is 3.52. The Morgan fingerprint density at radius 2 is 2.25 bits per heavy atom. The molecule has 0 saturated heterocycles. The fraction of sp³-hybridized carbons (Fsp3) is 0.500. The summed E-state index contributed by atoms with van der Waals surface area (Å²) < 4.78 is 5.00. The molecule has 0 aliphatic carbocycles. The second-order valence-electron chi connectivity index (χ2n) is 3.74. The van der Waals surface area contributed by atoms with Gasteiger partial charge in [-0.1, -0.05) is 0 Å². The number of pyridine rings is 1. The van der Waals surface area contributed by atoms with E-state index in [2.05, 4.69) is 11.1 Å². The van der Waals surface area contributed by atoms with E-state index in [0.717, 1.165) is 31.1 Å². The quantitative estimate of drug-likeness (QED) is 0.708. The number of methoxy groups -OCH3 is 1. The fourth-order valence-corrected chi connectivity index (χ4v) is 1.47. The highest BCUT2D eigenvalue weighted by atomic mass is 16.5. The number of anilines is 1. The molecule has 0 amide bonds. The van der Waals surface area contributed by atoms with Crippen LogP contribution in [0.1, 0.15) is 17.7 Å². The normalized spacial score (nSPS) is 9.88. The number of nitriles is 1. The predicted octanol–water partition coefficient (Wildman–Crippen LogP) is 1.73. The average molecular weight is 219 g/mol. The van der Waals surface area contributed by atoms with Crippen molar-refractivity contribution in [1.29, 1.82) is 5.26 Å². The van der Waals surface area contributed by atoms with Crippen LogP contribution in [-0.2, 0) is 4.74 Å². The first kappa shape index (κ1) is 12.5. The van der Waals surface area contributed by atoms with Gasteiger partial charge in [0.05, 0.1) is 11.6 Å². The standard InChI is InChI=1S/C12H17N3O/c1-10-7-11(9-13)8-12(14-10)15(2)5-4-6-16-3/h7-8H,4-6H2,1-3H3. The molecule has 86 valence electrons. The van der Waals surface area contributed by atoms with Gasteiger partial charge in [-0.15, -0.1) is 0 Å². The van der Waals surface area contributed by atoms with E-state index in [4.69, 9.17) is 10.00 Å². The summed E-state index contributed by atoms with van der Waals surface area (Å²) in [5.41, 5.74) is 1.52. The lowest BCUT2D eigenvalue weighted by Gasteiger charge is -2.18. The van der Waals surface area contributed by atoms with E-state index in [0.29, 0.717) is 5.56 Å². The van der Waals surface area contributed by atoms with Gasteiger partial charge in [-0.05, 0) is 25.5 Å². The molecule has 4 nitrogen and oxygen atoms in total. The van der Waals surface area contributed by atoms with Gasteiger partial charge in [0.1, 0.15) is 5.82 Å². The van der Waals surface area contributed by atoms with Gasteiger partial charge < -0.3 is 9.64 Å². The molecule has 0 aliphatic rings. The van der Waals surface area contributed by atoms with E-state index in [1.807, 2.05) is 18.9 Å². The van der Waals surface area contributed by atoms with Crippen molar-refractivity contribution in [1.82, 2.24) is 4.98 Å². The Kier molecular flexibility index (Phi) is 4.74. The van der Waals surface area contributed by atoms with Crippen LogP contribution < -0.4 is 4.90 Å². The minimum Gasteiger partial charge on any atom is -0.385 e. The zero-order valence-corrected chi connectivity index (χ0v) is 10.0. The smallest absolute Gasteiger partial charge is 0.129 e. The van der Waals surface area contributed by atoms with Gasteiger partial charge in [0.2, 0.25) is 0 Å². The first-order valence-corrected chi connectivity index (χ1v) is 5.26. The molecule has 1 aromatic heterocycles. The molecule has 0 fully saturated rings. The molecule has 16 heavy (non-hydrogen) atoms. The Balaban J connectivity index is 2.71. The van der Waals surface area contributed by atoms with Gasteiger partial charge in [-0.25, -0.2) is 4.98 Å². The summed E-state index contributed by atoms with van der Waals surface area (Å²) in [6.45, 7) is 3.50. The molecule has 0 N–H and O–H groups in total. The number of nitrogens with zero attached hydrogens (tertiary/aromatic N) is 3. The molecule has 0 spiro atoms. The van der Waals surface area contributed by atoms with Crippen molar-refractivity contribution >= 4 is 5.82 Å². The van der Waals surface area contributed by atoms with Crippen molar-refractivity contribution in [2.24, 2.45) is 0 Å². The van der Waals surface area contributed by atoms with E-state index in [9.17, 15) is 0 Å². The molecular formula is C12H17N3O. The lowest BCUT2D eigenvalue weighted by molar-refractivity contribution is 0.196. The highest BCUT2D eigenvalue weighted by molar-refractivity contribution is 5.45. The maximum atomic E-state index is 8.87. The predicted molar refractivity (Wildman–Crippen MR) is 63.5 cm³/mol. The molecular weight excluding hydrogens is 202 g/mol. The van der Waals surface area contributed by atoms with Crippen LogP contribution in [-0.4, -0.2) is 32.3 Å². The third-order valence-corrected chi connectivity index (χ3v) is 2.30. The van der Waals surface area contributed by atoms with Crippen molar-refractivity contribution in [3.05, 3.63) is 23.4 Å². The van der Waals surface area contributed by atoms with E-state index in [-0.39, 0.29) is 0 Å². The van der Waals surface area contributed by atoms with Crippen molar-refractivity contribution in [2.45, 2.75) is 13.3 Å². The van der Waals surface area contributed by atoms with E-state index in [1.54, 1.807) is 19.2 Å². The van der Waals surface area contributed by atoms with Crippen molar-refractivity contribution in [3.63, 3.8) is 0 Å². The fourth-order valence-electron chi connectivity index (χ4n) is 1.47. The van der Waals surface area contributed by atoms with Crippen LogP contribution in [0.3, 0.4) is 0 Å². The zero-order valence-electron chi connectivity index (χ0n) is 10.0. The van der Waals surface area contributed by atoms with Crippen LogP contribution >= 0.6 is 0 Å². The Labute approximate surface area is 96.5 Å². The summed E-state index contributed by atoms with van der Waals surface area (Å²) in [5.74, 6) is 0.840. The van der Waals surface area contributed by atoms with Crippen molar-refractivity contribution < 1.29 is 4.74 Å². The lowest BCUT2D eigenvalue weighted by Crippen LogP contribution is -2.21. The van der Waals surface area contributed by atoms with Gasteiger partial charge in [0.15, 0.2) is 0 Å². The molecule has 0 aliphatic heterocycles. The average Bonchev–Trinajstić information content (AvgIpc) is 2.28. The molecule has 0 saturated carbocycles. The second-order valence-corrected chi connectivity index (χ2v) is 3.74. The highest BCUT2D eigenvalue weighted by Crippen LogP contribution is 2.13. The minimum atomic E-state index is 0.654. The number of hydrogen-bond donors (Lipinski definition) is 0. The van der Waals surface area contributed by atoms with E-state index in [1.165, 1.54) is 0 Å². The molecule has 0 atom stereocenters. The van der Waals surface area contributed by atoms with E-state index < -0.39 is 0 Å². The topological polar surface area (TPSA) is 49.1 Å². The molecule has 0 radical (unpaired) electrons. The zero-order chi connectivity index (χ0) is 12.0. The summed E-state index contributed by atoms with van der Waals surface area (Å²) in [5, 5.41) is 8.87. The SMILES string of the molecule is COCCCN(C)c1cc(C#N)cc(C)n1. The number of hydrogen-bond acceptors (Lipinski definition) is 4. The monoisotopic (exact) mass is 219 g/mol. The summed E-state index contributed by atoms with van der Waals surface area (Å²) in [6.07, 6.45) is 0.949. The largest absolute Gasteiger partial charge is 0.385 e. The molecule has 0 bridgehead atoms. The van der Waals surface area contributed by atoms with Gasteiger partial charge in [-0.3, -0.25) is 0 Å². The van der Waals surface area contributed by atoms with Crippen LogP contribution in [0.5, 0.6) is 0 Å². The first-order chi connectivity index (χ1) is 7.67. The lowest BCUT2D eigenvalue weighted by atomic mass is 10.2. The number of ether oxygens (including phenoxy) is 1. The van der Waals surface area contributed by atoms with Crippen LogP contribution in [0.25, 0.3) is 0 Å². The number of rotatable bonds is 5. The van der Waals surface area contributed by atoms with Gasteiger partial charge >= 0.3 is 0 Å². The van der Waals surface area contributed by atoms with Crippen molar-refractivity contribution in [2.75, 3.05) is 32.2 Å². The molecule has 1 rings (SSSR count). The second kappa shape index (κ2) is 6.09. The van der Waals surface area contributed by atoms with Crippen LogP contribution in [0.15, 0.2) is 12.1 Å². The Morgan fingerprint density at radius 3 is 2.88 bits per heavy atom. The third-order valence-electron chi connectivity index (χ3n) is 2.30. The van der Waals surface area contributed by atoms with Crippen LogP contribution in [0, 0.1) is 18.3 Å². The molecule has 4 heteroatoms. The van der Waals surface area contributed by atoms with Crippen LogP contribution in [0.2, 0.25) is 0 Å². The highest BCUT2D eigenvalue weighted by Gasteiger charge is 2.04. The maximum Gasteiger partial charge on any atom is 0.129 e. The summed E-state index contributed by atoms with van der Waals surface area (Å²) in [4.78, 5) is 6.43. The minimum absolute atomic E-state index is 0.654. The Hall–Kier alpha value is -1.60. The molecule has 1 aromatic rings.